The lowest BCUT2D eigenvalue weighted by Gasteiger charge is -1.96. The molecule has 0 heterocycles. The molecule has 0 saturated carbocycles. The molecule has 0 bridgehead atoms. The zero-order valence-corrected chi connectivity index (χ0v) is 8.32. The molecule has 0 atom stereocenters. The molecular weight excluding hydrogens is 189 g/mol. The highest BCUT2D eigenvalue weighted by Gasteiger charge is 1.97. The minimum Gasteiger partial charge on any atom is -0.396 e. The third-order valence-electron chi connectivity index (χ3n) is 1.25. The molecule has 0 amide bonds. The molecule has 0 aromatic heterocycles. The zero-order chi connectivity index (χ0) is 10.3. The van der Waals surface area contributed by atoms with Crippen LogP contribution in [0.3, 0.4) is 0 Å². The molecule has 0 saturated heterocycles. The molecule has 0 aliphatic carbocycles. The lowest BCUT2D eigenvalue weighted by Crippen LogP contribution is -1.98. The summed E-state index contributed by atoms with van der Waals surface area (Å²) in [6, 6.07) is 0. The molecule has 2 N–H and O–H groups in total. The van der Waals surface area contributed by atoms with Crippen LogP contribution < -0.4 is 5.73 Å². The van der Waals surface area contributed by atoms with Crippen LogP contribution in [0.25, 0.3) is 0 Å². The first-order valence-corrected chi connectivity index (χ1v) is 4.06. The molecule has 0 aliphatic rings. The molecular formula is C10H11ClFN. The lowest BCUT2D eigenvalue weighted by molar-refractivity contribution is 0.710. The first kappa shape index (κ1) is 11.8. The van der Waals surface area contributed by atoms with Crippen molar-refractivity contribution in [3.05, 3.63) is 34.8 Å². The van der Waals surface area contributed by atoms with Crippen molar-refractivity contribution in [3.63, 3.8) is 0 Å². The molecule has 0 rings (SSSR count). The highest BCUT2D eigenvalue weighted by molar-refractivity contribution is 6.31. The van der Waals surface area contributed by atoms with Crippen LogP contribution in [0, 0.1) is 11.8 Å². The molecule has 70 valence electrons. The lowest BCUT2D eigenvalue weighted by atomic mass is 10.2. The normalized spacial score (nSPS) is 13.7. The van der Waals surface area contributed by atoms with Gasteiger partial charge in [0.15, 0.2) is 0 Å². The maximum atomic E-state index is 12.1. The van der Waals surface area contributed by atoms with Gasteiger partial charge in [-0.15, -0.1) is 5.92 Å². The summed E-state index contributed by atoms with van der Waals surface area (Å²) in [4.78, 5) is 0. The van der Waals surface area contributed by atoms with E-state index in [9.17, 15) is 4.39 Å². The van der Waals surface area contributed by atoms with Gasteiger partial charge in [-0.25, -0.2) is 4.39 Å². The van der Waals surface area contributed by atoms with Gasteiger partial charge in [0.25, 0.3) is 0 Å². The van der Waals surface area contributed by atoms with E-state index in [1.165, 1.54) is 6.08 Å². The van der Waals surface area contributed by atoms with Crippen molar-refractivity contribution < 1.29 is 4.39 Å². The second-order valence-corrected chi connectivity index (χ2v) is 2.61. The Hall–Kier alpha value is -1.20. The Morgan fingerprint density at radius 2 is 2.15 bits per heavy atom. The van der Waals surface area contributed by atoms with Gasteiger partial charge in [0.2, 0.25) is 0 Å². The summed E-state index contributed by atoms with van der Waals surface area (Å²) >= 11 is 5.71. The molecule has 0 fully saturated rings. The van der Waals surface area contributed by atoms with E-state index in [-0.39, 0.29) is 5.70 Å². The van der Waals surface area contributed by atoms with Crippen molar-refractivity contribution in [2.24, 2.45) is 5.73 Å². The van der Waals surface area contributed by atoms with Crippen LogP contribution in [0.5, 0.6) is 0 Å². The van der Waals surface area contributed by atoms with E-state index >= 15 is 0 Å². The standard InChI is InChI=1S/C10H11ClFN/c1-3-5-8(10(13)7-12)6-9(11)4-2/h4,6-7H,13H2,1-2H3/b8-6-,9-4+,10-7-. The average molecular weight is 200 g/mol. The Labute approximate surface area is 82.8 Å². The van der Waals surface area contributed by atoms with E-state index in [0.717, 1.165) is 0 Å². The summed E-state index contributed by atoms with van der Waals surface area (Å²) in [5, 5.41) is 0.475. The molecule has 13 heavy (non-hydrogen) atoms. The van der Waals surface area contributed by atoms with Crippen LogP contribution in [0.2, 0.25) is 0 Å². The Morgan fingerprint density at radius 1 is 1.54 bits per heavy atom. The fraction of sp³-hybridized carbons (Fsp3) is 0.200. The monoisotopic (exact) mass is 199 g/mol. The maximum Gasteiger partial charge on any atom is 0.111 e. The van der Waals surface area contributed by atoms with Gasteiger partial charge in [-0.05, 0) is 19.9 Å². The predicted octanol–water partition coefficient (Wildman–Crippen LogP) is 2.85. The van der Waals surface area contributed by atoms with Gasteiger partial charge in [-0.2, -0.15) is 0 Å². The highest BCUT2D eigenvalue weighted by atomic mass is 35.5. The SMILES string of the molecule is CC#CC(=C/C(Cl)=C\C)/C(N)=C/F. The van der Waals surface area contributed by atoms with Crippen molar-refractivity contribution >= 4 is 11.6 Å². The summed E-state index contributed by atoms with van der Waals surface area (Å²) < 4.78 is 12.1. The van der Waals surface area contributed by atoms with Crippen LogP contribution in [0.15, 0.2) is 34.8 Å². The molecule has 0 aromatic rings. The molecule has 0 radical (unpaired) electrons. The number of halogens is 2. The molecule has 0 unspecified atom stereocenters. The Morgan fingerprint density at radius 3 is 2.54 bits per heavy atom. The summed E-state index contributed by atoms with van der Waals surface area (Å²) in [5.41, 5.74) is 5.70. The predicted molar refractivity (Wildman–Crippen MR) is 54.5 cm³/mol. The van der Waals surface area contributed by atoms with Gasteiger partial charge < -0.3 is 5.73 Å². The van der Waals surface area contributed by atoms with Crippen LogP contribution in [-0.4, -0.2) is 0 Å². The first-order chi connectivity index (χ1) is 6.15. The second kappa shape index (κ2) is 6.33. The van der Waals surface area contributed by atoms with E-state index < -0.39 is 0 Å². The van der Waals surface area contributed by atoms with E-state index in [2.05, 4.69) is 11.8 Å². The van der Waals surface area contributed by atoms with Gasteiger partial charge in [-0.3, -0.25) is 0 Å². The number of hydrogen-bond acceptors (Lipinski definition) is 1. The first-order valence-electron chi connectivity index (χ1n) is 3.68. The smallest absolute Gasteiger partial charge is 0.111 e. The summed E-state index contributed by atoms with van der Waals surface area (Å²) in [5.74, 6) is 5.27. The van der Waals surface area contributed by atoms with Crippen LogP contribution in [0.4, 0.5) is 4.39 Å². The summed E-state index contributed by atoms with van der Waals surface area (Å²) in [7, 11) is 0. The zero-order valence-electron chi connectivity index (χ0n) is 7.57. The van der Waals surface area contributed by atoms with E-state index in [4.69, 9.17) is 17.3 Å². The third-order valence-corrected chi connectivity index (χ3v) is 1.57. The number of nitrogens with two attached hydrogens (primary N) is 1. The molecule has 0 aliphatic heterocycles. The minimum atomic E-state index is -0.0191. The van der Waals surface area contributed by atoms with Crippen molar-refractivity contribution in [3.8, 4) is 11.8 Å². The molecule has 0 spiro atoms. The van der Waals surface area contributed by atoms with Crippen molar-refractivity contribution in [1.29, 1.82) is 0 Å². The fourth-order valence-corrected chi connectivity index (χ4v) is 0.715. The molecule has 3 heteroatoms. The summed E-state index contributed by atoms with van der Waals surface area (Å²) in [6.45, 7) is 3.41. The number of allylic oxidation sites excluding steroid dienone is 4. The van der Waals surface area contributed by atoms with E-state index in [1.807, 2.05) is 0 Å². The second-order valence-electron chi connectivity index (χ2n) is 2.17. The maximum absolute atomic E-state index is 12.1. The van der Waals surface area contributed by atoms with Gasteiger partial charge in [0.05, 0.1) is 11.3 Å². The van der Waals surface area contributed by atoms with Crippen molar-refractivity contribution in [1.82, 2.24) is 0 Å². The van der Waals surface area contributed by atoms with Crippen LogP contribution >= 0.6 is 11.6 Å². The highest BCUT2D eigenvalue weighted by Crippen LogP contribution is 2.11. The fourth-order valence-electron chi connectivity index (χ4n) is 0.606. The van der Waals surface area contributed by atoms with Gasteiger partial charge in [-0.1, -0.05) is 23.6 Å². The van der Waals surface area contributed by atoms with Gasteiger partial charge in [0.1, 0.15) is 6.33 Å². The quantitative estimate of drug-likeness (QED) is 0.537. The van der Waals surface area contributed by atoms with Gasteiger partial charge >= 0.3 is 0 Å². The molecule has 0 aromatic carbocycles. The molecule has 1 nitrogen and oxygen atoms in total. The van der Waals surface area contributed by atoms with Crippen LogP contribution in [0.1, 0.15) is 13.8 Å². The number of hydrogen-bond donors (Lipinski definition) is 1. The number of rotatable bonds is 2. The largest absolute Gasteiger partial charge is 0.396 e. The van der Waals surface area contributed by atoms with E-state index in [0.29, 0.717) is 16.9 Å². The average Bonchev–Trinajstić information content (AvgIpc) is 2.15. The Kier molecular flexibility index (Phi) is 5.75. The van der Waals surface area contributed by atoms with Crippen molar-refractivity contribution in [2.75, 3.05) is 0 Å². The van der Waals surface area contributed by atoms with E-state index in [1.54, 1.807) is 19.9 Å². The Bertz CT molecular complexity index is 316. The Balaban J connectivity index is 5.00. The van der Waals surface area contributed by atoms with Crippen molar-refractivity contribution in [2.45, 2.75) is 13.8 Å². The third kappa shape index (κ3) is 4.39. The van der Waals surface area contributed by atoms with Gasteiger partial charge in [0, 0.05) is 5.03 Å². The topological polar surface area (TPSA) is 26.0 Å². The minimum absolute atomic E-state index is 0.0191. The van der Waals surface area contributed by atoms with Crippen LogP contribution in [-0.2, 0) is 0 Å². The summed E-state index contributed by atoms with van der Waals surface area (Å²) in [6.07, 6.45) is 3.49.